The molecule has 2 aliphatic rings. The smallest absolute Gasteiger partial charge is 0.0830 e. The van der Waals surface area contributed by atoms with E-state index in [9.17, 15) is 0 Å². The highest BCUT2D eigenvalue weighted by Gasteiger charge is 2.23. The molecule has 3 rings (SSSR count). The Kier molecular flexibility index (Phi) is 4.56. The summed E-state index contributed by atoms with van der Waals surface area (Å²) in [6.07, 6.45) is 8.07. The van der Waals surface area contributed by atoms with Crippen molar-refractivity contribution in [2.24, 2.45) is 4.99 Å². The van der Waals surface area contributed by atoms with Gasteiger partial charge in [0.1, 0.15) is 0 Å². The molecule has 2 aliphatic heterocycles. The lowest BCUT2D eigenvalue weighted by Crippen LogP contribution is -2.47. The molecule has 0 radical (unpaired) electrons. The van der Waals surface area contributed by atoms with E-state index in [1.54, 1.807) is 0 Å². The molecule has 0 N–H and O–H groups in total. The van der Waals surface area contributed by atoms with E-state index in [2.05, 4.69) is 46.5 Å². The van der Waals surface area contributed by atoms with Crippen molar-refractivity contribution in [2.45, 2.75) is 19.8 Å². The predicted octanol–water partition coefficient (Wildman–Crippen LogP) is 2.90. The number of allylic oxidation sites excluding steroid dienone is 1. The molecule has 0 aliphatic carbocycles. The number of dihydropyridines is 1. The molecule has 22 heavy (non-hydrogen) atoms. The second-order valence-corrected chi connectivity index (χ2v) is 5.74. The average Bonchev–Trinajstić information content (AvgIpc) is 2.62. The summed E-state index contributed by atoms with van der Waals surface area (Å²) in [7, 11) is 0. The number of nitrogens with zero attached hydrogens (tertiary/aromatic N) is 4. The first-order valence-electron chi connectivity index (χ1n) is 8.12. The van der Waals surface area contributed by atoms with Crippen LogP contribution in [0.4, 0.5) is 5.69 Å². The van der Waals surface area contributed by atoms with Crippen LogP contribution >= 0.6 is 0 Å². The Morgan fingerprint density at radius 1 is 1.14 bits per heavy atom. The van der Waals surface area contributed by atoms with Crippen LogP contribution in [-0.2, 0) is 0 Å². The molecule has 3 heterocycles. The molecule has 1 aromatic heterocycles. The second kappa shape index (κ2) is 6.77. The van der Waals surface area contributed by atoms with Gasteiger partial charge in [-0.3, -0.25) is 9.98 Å². The molecule has 0 saturated carbocycles. The Labute approximate surface area is 132 Å². The quantitative estimate of drug-likeness (QED) is 0.856. The van der Waals surface area contributed by atoms with Crippen LogP contribution in [0.5, 0.6) is 0 Å². The molecule has 0 bridgehead atoms. The number of anilines is 1. The summed E-state index contributed by atoms with van der Waals surface area (Å²) < 4.78 is 0. The molecule has 0 aromatic carbocycles. The lowest BCUT2D eigenvalue weighted by Gasteiger charge is -2.39. The van der Waals surface area contributed by atoms with E-state index in [1.165, 1.54) is 11.4 Å². The molecule has 0 spiro atoms. The summed E-state index contributed by atoms with van der Waals surface area (Å²) in [5, 5.41) is 0. The maximum atomic E-state index is 4.72. The minimum atomic E-state index is 0.898. The molecule has 0 unspecified atom stereocenters. The minimum Gasteiger partial charge on any atom is -0.368 e. The third kappa shape index (κ3) is 3.06. The highest BCUT2D eigenvalue weighted by molar-refractivity contribution is 6.11. The van der Waals surface area contributed by atoms with E-state index < -0.39 is 0 Å². The molecule has 0 atom stereocenters. The molecular weight excluding hydrogens is 272 g/mol. The standard InChI is InChI=1S/C18H24N4/c1-3-15(2)18-17(5-4-8-20-18)22-13-11-21(12-14-22)16-6-9-19-10-7-16/h5-7,9-10H,2-4,8,11-14H2,1H3. The third-order valence-electron chi connectivity index (χ3n) is 4.39. The second-order valence-electron chi connectivity index (χ2n) is 5.74. The summed E-state index contributed by atoms with van der Waals surface area (Å²) in [5.41, 5.74) is 4.85. The van der Waals surface area contributed by atoms with Crippen molar-refractivity contribution >= 4 is 11.4 Å². The highest BCUT2D eigenvalue weighted by atomic mass is 15.3. The van der Waals surface area contributed by atoms with Gasteiger partial charge in [0.2, 0.25) is 0 Å². The van der Waals surface area contributed by atoms with Crippen LogP contribution in [0.3, 0.4) is 0 Å². The Bertz CT molecular complexity index is 580. The lowest BCUT2D eigenvalue weighted by atomic mass is 10.0. The highest BCUT2D eigenvalue weighted by Crippen LogP contribution is 2.22. The molecule has 4 nitrogen and oxygen atoms in total. The monoisotopic (exact) mass is 296 g/mol. The maximum Gasteiger partial charge on any atom is 0.0830 e. The Balaban J connectivity index is 1.67. The fourth-order valence-corrected chi connectivity index (χ4v) is 3.05. The van der Waals surface area contributed by atoms with E-state index in [-0.39, 0.29) is 0 Å². The Morgan fingerprint density at radius 2 is 1.82 bits per heavy atom. The van der Waals surface area contributed by atoms with Crippen LogP contribution in [0.25, 0.3) is 0 Å². The summed E-state index contributed by atoms with van der Waals surface area (Å²) in [6.45, 7) is 11.4. The van der Waals surface area contributed by atoms with Crippen molar-refractivity contribution in [3.05, 3.63) is 48.5 Å². The maximum absolute atomic E-state index is 4.72. The molecule has 1 aromatic rings. The molecule has 1 saturated heterocycles. The van der Waals surface area contributed by atoms with Crippen LogP contribution in [0.2, 0.25) is 0 Å². The van der Waals surface area contributed by atoms with E-state index in [0.717, 1.165) is 56.9 Å². The van der Waals surface area contributed by atoms with Crippen molar-refractivity contribution in [1.29, 1.82) is 0 Å². The van der Waals surface area contributed by atoms with Gasteiger partial charge in [-0.25, -0.2) is 0 Å². The number of piperazine rings is 1. The predicted molar refractivity (Wildman–Crippen MR) is 92.5 cm³/mol. The number of aromatic nitrogens is 1. The first-order valence-corrected chi connectivity index (χ1v) is 8.12. The van der Waals surface area contributed by atoms with Crippen molar-refractivity contribution < 1.29 is 0 Å². The van der Waals surface area contributed by atoms with Crippen LogP contribution < -0.4 is 4.90 Å². The van der Waals surface area contributed by atoms with Crippen molar-refractivity contribution in [3.8, 4) is 0 Å². The van der Waals surface area contributed by atoms with E-state index in [1.807, 2.05) is 12.4 Å². The zero-order chi connectivity index (χ0) is 15.4. The summed E-state index contributed by atoms with van der Waals surface area (Å²) in [4.78, 5) is 13.7. The van der Waals surface area contributed by atoms with Crippen LogP contribution in [0.15, 0.2) is 53.4 Å². The first kappa shape index (κ1) is 14.8. The topological polar surface area (TPSA) is 31.7 Å². The number of hydrogen-bond donors (Lipinski definition) is 0. The number of aliphatic imine (C=N–C) groups is 1. The SMILES string of the molecule is C=C(CC)C1=NCCC=C1N1CCN(c2ccncc2)CC1. The van der Waals surface area contributed by atoms with Gasteiger partial charge >= 0.3 is 0 Å². The Morgan fingerprint density at radius 3 is 2.50 bits per heavy atom. The van der Waals surface area contributed by atoms with Gasteiger partial charge in [-0.05, 0) is 30.5 Å². The van der Waals surface area contributed by atoms with Crippen molar-refractivity contribution in [1.82, 2.24) is 9.88 Å². The molecule has 0 amide bonds. The van der Waals surface area contributed by atoms with Gasteiger partial charge < -0.3 is 9.80 Å². The number of hydrogen-bond acceptors (Lipinski definition) is 4. The van der Waals surface area contributed by atoms with Crippen LogP contribution in [0.1, 0.15) is 19.8 Å². The minimum absolute atomic E-state index is 0.898. The average molecular weight is 296 g/mol. The zero-order valence-electron chi connectivity index (χ0n) is 13.3. The normalized spacial score (nSPS) is 18.8. The van der Waals surface area contributed by atoms with E-state index >= 15 is 0 Å². The summed E-state index contributed by atoms with van der Waals surface area (Å²) >= 11 is 0. The van der Waals surface area contributed by atoms with Gasteiger partial charge in [0.05, 0.1) is 11.4 Å². The van der Waals surface area contributed by atoms with Gasteiger partial charge in [-0.1, -0.05) is 19.6 Å². The zero-order valence-corrected chi connectivity index (χ0v) is 13.3. The molecule has 1 fully saturated rings. The number of pyridine rings is 1. The van der Waals surface area contributed by atoms with Crippen LogP contribution in [0, 0.1) is 0 Å². The van der Waals surface area contributed by atoms with Gasteiger partial charge in [-0.15, -0.1) is 0 Å². The van der Waals surface area contributed by atoms with Gasteiger partial charge in [0.15, 0.2) is 0 Å². The van der Waals surface area contributed by atoms with E-state index in [0.29, 0.717) is 0 Å². The van der Waals surface area contributed by atoms with Crippen molar-refractivity contribution in [3.63, 3.8) is 0 Å². The molecule has 4 heteroatoms. The Hall–Kier alpha value is -2.10. The molecule has 116 valence electrons. The van der Waals surface area contributed by atoms with Crippen molar-refractivity contribution in [2.75, 3.05) is 37.6 Å². The van der Waals surface area contributed by atoms with Gasteiger partial charge in [0.25, 0.3) is 0 Å². The summed E-state index contributed by atoms with van der Waals surface area (Å²) in [6, 6.07) is 4.17. The lowest BCUT2D eigenvalue weighted by molar-refractivity contribution is 0.333. The van der Waals surface area contributed by atoms with E-state index in [4.69, 9.17) is 4.99 Å². The van der Waals surface area contributed by atoms with Crippen LogP contribution in [-0.4, -0.2) is 48.3 Å². The number of rotatable bonds is 4. The van der Waals surface area contributed by atoms with Gasteiger partial charge in [0, 0.05) is 50.8 Å². The first-order chi connectivity index (χ1) is 10.8. The van der Waals surface area contributed by atoms with Gasteiger partial charge in [-0.2, -0.15) is 0 Å². The largest absolute Gasteiger partial charge is 0.368 e. The third-order valence-corrected chi connectivity index (χ3v) is 4.39. The molecular formula is C18H24N4. The fraction of sp³-hybridized carbons (Fsp3) is 0.444. The summed E-state index contributed by atoms with van der Waals surface area (Å²) in [5.74, 6) is 0. The fourth-order valence-electron chi connectivity index (χ4n) is 3.05.